The van der Waals surface area contributed by atoms with Gasteiger partial charge in [0.2, 0.25) is 5.78 Å². The van der Waals surface area contributed by atoms with Crippen LogP contribution in [-0.2, 0) is 6.54 Å². The Morgan fingerprint density at radius 3 is 2.58 bits per heavy atom. The lowest BCUT2D eigenvalue weighted by atomic mass is 10.1. The van der Waals surface area contributed by atoms with Gasteiger partial charge in [-0.1, -0.05) is 30.0 Å². The molecule has 0 saturated heterocycles. The number of aryl methyl sites for hydroxylation is 3. The maximum Gasteiger partial charge on any atom is 0.237 e. The first-order chi connectivity index (χ1) is 12.7. The summed E-state index contributed by atoms with van der Waals surface area (Å²) >= 11 is 1.67. The number of hydrogen-bond donors (Lipinski definition) is 0. The fourth-order valence-corrected chi connectivity index (χ4v) is 3.90. The zero-order chi connectivity index (χ0) is 18.1. The van der Waals surface area contributed by atoms with Crippen LogP contribution in [0.2, 0.25) is 0 Å². The standard InChI is InChI=1S/C20H22N4OS/c1-4-23-17-7-5-6-8-18(17)24-19(23)21-22-20(24)26-12-11-25-16-10-9-14(2)15(3)13-16/h5-10,13H,4,11-12H2,1-3H3. The minimum Gasteiger partial charge on any atom is -0.493 e. The van der Waals surface area contributed by atoms with Crippen LogP contribution in [-0.4, -0.2) is 31.5 Å². The first kappa shape index (κ1) is 17.0. The molecule has 2 heterocycles. The minimum atomic E-state index is 0.633. The summed E-state index contributed by atoms with van der Waals surface area (Å²) < 4.78 is 10.2. The second-order valence-electron chi connectivity index (χ2n) is 6.29. The van der Waals surface area contributed by atoms with E-state index >= 15 is 0 Å². The van der Waals surface area contributed by atoms with Gasteiger partial charge in [0, 0.05) is 12.3 Å². The van der Waals surface area contributed by atoms with Gasteiger partial charge in [0.15, 0.2) is 5.16 Å². The molecule has 0 saturated carbocycles. The summed E-state index contributed by atoms with van der Waals surface area (Å²) in [4.78, 5) is 0. The van der Waals surface area contributed by atoms with Crippen LogP contribution in [0, 0.1) is 13.8 Å². The first-order valence-electron chi connectivity index (χ1n) is 8.84. The summed E-state index contributed by atoms with van der Waals surface area (Å²) in [5.74, 6) is 2.63. The van der Waals surface area contributed by atoms with Gasteiger partial charge >= 0.3 is 0 Å². The van der Waals surface area contributed by atoms with Crippen LogP contribution in [0.1, 0.15) is 18.1 Å². The molecule has 0 aliphatic heterocycles. The van der Waals surface area contributed by atoms with Crippen molar-refractivity contribution in [1.82, 2.24) is 19.2 Å². The summed E-state index contributed by atoms with van der Waals surface area (Å²) in [5.41, 5.74) is 4.87. The topological polar surface area (TPSA) is 44.4 Å². The monoisotopic (exact) mass is 366 g/mol. The highest BCUT2D eigenvalue weighted by Crippen LogP contribution is 2.26. The molecule has 0 N–H and O–H groups in total. The van der Waals surface area contributed by atoms with Crippen molar-refractivity contribution in [1.29, 1.82) is 0 Å². The number of fused-ring (bicyclic) bond motifs is 3. The van der Waals surface area contributed by atoms with E-state index in [0.29, 0.717) is 6.61 Å². The highest BCUT2D eigenvalue weighted by atomic mass is 32.2. The van der Waals surface area contributed by atoms with Crippen LogP contribution < -0.4 is 4.74 Å². The van der Waals surface area contributed by atoms with Crippen LogP contribution in [0.3, 0.4) is 0 Å². The molecule has 0 atom stereocenters. The van der Waals surface area contributed by atoms with Gasteiger partial charge in [0.1, 0.15) is 5.75 Å². The molecule has 0 aliphatic rings. The molecule has 26 heavy (non-hydrogen) atoms. The fraction of sp³-hybridized carbons (Fsp3) is 0.300. The first-order valence-corrected chi connectivity index (χ1v) is 9.83. The smallest absolute Gasteiger partial charge is 0.237 e. The van der Waals surface area contributed by atoms with Gasteiger partial charge in [-0.2, -0.15) is 0 Å². The van der Waals surface area contributed by atoms with Crippen molar-refractivity contribution in [3.63, 3.8) is 0 Å². The number of ether oxygens (including phenoxy) is 1. The maximum atomic E-state index is 5.88. The molecule has 0 bridgehead atoms. The molecule has 5 nitrogen and oxygen atoms in total. The van der Waals surface area contributed by atoms with Gasteiger partial charge in [0.25, 0.3) is 0 Å². The largest absolute Gasteiger partial charge is 0.493 e. The van der Waals surface area contributed by atoms with E-state index in [0.717, 1.165) is 34.5 Å². The molecule has 4 rings (SSSR count). The molecule has 0 spiro atoms. The Kier molecular flexibility index (Phi) is 4.59. The Bertz CT molecular complexity index is 1070. The lowest BCUT2D eigenvalue weighted by molar-refractivity contribution is 0.343. The van der Waals surface area contributed by atoms with Crippen molar-refractivity contribution in [2.24, 2.45) is 0 Å². The van der Waals surface area contributed by atoms with Gasteiger partial charge in [-0.25, -0.2) is 0 Å². The average Bonchev–Trinajstić information content (AvgIpc) is 3.19. The summed E-state index contributed by atoms with van der Waals surface area (Å²) in [6.07, 6.45) is 0. The molecule has 0 radical (unpaired) electrons. The van der Waals surface area contributed by atoms with Crippen LogP contribution in [0.5, 0.6) is 5.75 Å². The quantitative estimate of drug-likeness (QED) is 0.372. The van der Waals surface area contributed by atoms with Crippen LogP contribution in [0.4, 0.5) is 0 Å². The van der Waals surface area contributed by atoms with E-state index in [1.54, 1.807) is 11.8 Å². The minimum absolute atomic E-state index is 0.633. The van der Waals surface area contributed by atoms with E-state index in [-0.39, 0.29) is 0 Å². The molecular weight excluding hydrogens is 344 g/mol. The number of nitrogens with zero attached hydrogens (tertiary/aromatic N) is 4. The van der Waals surface area contributed by atoms with Crippen molar-refractivity contribution < 1.29 is 4.74 Å². The molecule has 134 valence electrons. The molecule has 0 aliphatic carbocycles. The van der Waals surface area contributed by atoms with E-state index in [9.17, 15) is 0 Å². The Hall–Kier alpha value is -2.47. The van der Waals surface area contributed by atoms with Gasteiger partial charge in [-0.05, 0) is 56.2 Å². The number of aromatic nitrogens is 4. The Morgan fingerprint density at radius 1 is 1.00 bits per heavy atom. The van der Waals surface area contributed by atoms with E-state index in [2.05, 4.69) is 76.3 Å². The molecule has 0 amide bonds. The van der Waals surface area contributed by atoms with Gasteiger partial charge in [-0.15, -0.1) is 10.2 Å². The number of para-hydroxylation sites is 2. The highest BCUT2D eigenvalue weighted by molar-refractivity contribution is 7.99. The fourth-order valence-electron chi connectivity index (χ4n) is 3.14. The van der Waals surface area contributed by atoms with E-state index < -0.39 is 0 Å². The summed E-state index contributed by atoms with van der Waals surface area (Å²) in [6, 6.07) is 14.6. The van der Waals surface area contributed by atoms with Crippen LogP contribution in [0.15, 0.2) is 47.6 Å². The third-order valence-electron chi connectivity index (χ3n) is 4.65. The number of rotatable bonds is 6. The Morgan fingerprint density at radius 2 is 1.81 bits per heavy atom. The molecule has 2 aromatic carbocycles. The van der Waals surface area contributed by atoms with Crippen molar-refractivity contribution >= 4 is 28.6 Å². The van der Waals surface area contributed by atoms with Crippen LogP contribution >= 0.6 is 11.8 Å². The maximum absolute atomic E-state index is 5.88. The zero-order valence-corrected chi connectivity index (χ0v) is 16.1. The molecule has 0 unspecified atom stereocenters. The van der Waals surface area contributed by atoms with E-state index in [1.807, 2.05) is 6.07 Å². The van der Waals surface area contributed by atoms with Gasteiger partial charge in [-0.3, -0.25) is 4.40 Å². The number of benzene rings is 2. The SMILES string of the molecule is CCn1c2ccccc2n2c(SCCOc3ccc(C)c(C)c3)nnc12. The zero-order valence-electron chi connectivity index (χ0n) is 15.3. The average molecular weight is 366 g/mol. The molecular formula is C20H22N4OS. The number of thioether (sulfide) groups is 1. The highest BCUT2D eigenvalue weighted by Gasteiger charge is 2.15. The number of imidazole rings is 1. The Balaban J connectivity index is 1.50. The molecule has 4 aromatic rings. The van der Waals surface area contributed by atoms with Gasteiger partial charge < -0.3 is 9.30 Å². The summed E-state index contributed by atoms with van der Waals surface area (Å²) in [6.45, 7) is 7.85. The predicted molar refractivity (Wildman–Crippen MR) is 106 cm³/mol. The second-order valence-corrected chi connectivity index (χ2v) is 7.36. The van der Waals surface area contributed by atoms with Crippen molar-refractivity contribution in [2.75, 3.05) is 12.4 Å². The summed E-state index contributed by atoms with van der Waals surface area (Å²) in [7, 11) is 0. The van der Waals surface area contributed by atoms with Crippen molar-refractivity contribution in [2.45, 2.75) is 32.5 Å². The molecule has 0 fully saturated rings. The van der Waals surface area contributed by atoms with E-state index in [1.165, 1.54) is 16.6 Å². The normalized spacial score (nSPS) is 11.5. The molecule has 6 heteroatoms. The second kappa shape index (κ2) is 7.03. The van der Waals surface area contributed by atoms with Crippen molar-refractivity contribution in [3.05, 3.63) is 53.6 Å². The third kappa shape index (κ3) is 2.94. The molecule has 2 aromatic heterocycles. The van der Waals surface area contributed by atoms with Crippen molar-refractivity contribution in [3.8, 4) is 5.75 Å². The predicted octanol–water partition coefficient (Wildman–Crippen LogP) is 4.49. The summed E-state index contributed by atoms with van der Waals surface area (Å²) in [5, 5.41) is 9.69. The third-order valence-corrected chi connectivity index (χ3v) is 5.54. The van der Waals surface area contributed by atoms with E-state index in [4.69, 9.17) is 4.74 Å². The van der Waals surface area contributed by atoms with Crippen LogP contribution in [0.25, 0.3) is 16.8 Å². The Labute approximate surface area is 157 Å². The lowest BCUT2D eigenvalue weighted by Gasteiger charge is -2.07. The van der Waals surface area contributed by atoms with Gasteiger partial charge in [0.05, 0.1) is 17.6 Å². The number of hydrogen-bond acceptors (Lipinski definition) is 4. The lowest BCUT2D eigenvalue weighted by Crippen LogP contribution is -2.01.